The molecule has 0 rings (SSSR count). The summed E-state index contributed by atoms with van der Waals surface area (Å²) in [6.07, 6.45) is 0.223. The SMILES string of the molecule is CCOC(=O)C(CCOCOC)C(=O)OCC. The largest absolute Gasteiger partial charge is 0.465 e. The standard InChI is InChI=1S/C11H20O6/c1-4-16-10(12)9(11(13)17-5-2)6-7-15-8-14-3/h9H,4-8H2,1-3H3. The van der Waals surface area contributed by atoms with Gasteiger partial charge in [-0.05, 0) is 20.3 Å². The fourth-order valence-corrected chi connectivity index (χ4v) is 1.16. The molecule has 0 spiro atoms. The Bertz CT molecular complexity index is 210. The molecule has 6 nitrogen and oxygen atoms in total. The molecule has 0 bridgehead atoms. The average Bonchev–Trinajstić information content (AvgIpc) is 2.29. The number of hydrogen-bond acceptors (Lipinski definition) is 6. The second kappa shape index (κ2) is 10.0. The normalized spacial score (nSPS) is 10.4. The zero-order chi connectivity index (χ0) is 13.1. The summed E-state index contributed by atoms with van der Waals surface area (Å²) in [5.74, 6) is -2.08. The topological polar surface area (TPSA) is 71.1 Å². The Morgan fingerprint density at radius 2 is 1.59 bits per heavy atom. The van der Waals surface area contributed by atoms with Crippen LogP contribution in [0.3, 0.4) is 0 Å². The minimum atomic E-state index is -0.924. The minimum absolute atomic E-state index is 0.123. The van der Waals surface area contributed by atoms with E-state index in [2.05, 4.69) is 4.74 Å². The molecule has 0 heterocycles. The predicted molar refractivity (Wildman–Crippen MR) is 59.2 cm³/mol. The molecule has 0 radical (unpaired) electrons. The van der Waals surface area contributed by atoms with Crippen LogP contribution in [0, 0.1) is 5.92 Å². The van der Waals surface area contributed by atoms with Crippen molar-refractivity contribution in [3.63, 3.8) is 0 Å². The summed E-state index contributed by atoms with van der Waals surface area (Å²) < 4.78 is 19.3. The summed E-state index contributed by atoms with van der Waals surface area (Å²) in [5.41, 5.74) is 0. The van der Waals surface area contributed by atoms with E-state index in [1.54, 1.807) is 13.8 Å². The van der Waals surface area contributed by atoms with Crippen LogP contribution >= 0.6 is 0 Å². The molecule has 100 valence electrons. The lowest BCUT2D eigenvalue weighted by molar-refractivity contribution is -0.163. The van der Waals surface area contributed by atoms with Gasteiger partial charge in [0.1, 0.15) is 6.79 Å². The Balaban J connectivity index is 4.19. The van der Waals surface area contributed by atoms with Crippen molar-refractivity contribution in [2.45, 2.75) is 20.3 Å². The van der Waals surface area contributed by atoms with Gasteiger partial charge in [0.25, 0.3) is 0 Å². The smallest absolute Gasteiger partial charge is 0.320 e. The molecule has 0 amide bonds. The fraction of sp³-hybridized carbons (Fsp3) is 0.818. The van der Waals surface area contributed by atoms with Gasteiger partial charge in [0.15, 0.2) is 5.92 Å². The first-order chi connectivity index (χ1) is 8.17. The van der Waals surface area contributed by atoms with Gasteiger partial charge < -0.3 is 18.9 Å². The van der Waals surface area contributed by atoms with Crippen LogP contribution in [-0.2, 0) is 28.5 Å². The van der Waals surface area contributed by atoms with Gasteiger partial charge in [-0.3, -0.25) is 9.59 Å². The van der Waals surface area contributed by atoms with Crippen LogP contribution in [0.1, 0.15) is 20.3 Å². The third-order valence-corrected chi connectivity index (χ3v) is 1.89. The van der Waals surface area contributed by atoms with E-state index >= 15 is 0 Å². The van der Waals surface area contributed by atoms with Gasteiger partial charge >= 0.3 is 11.9 Å². The lowest BCUT2D eigenvalue weighted by Crippen LogP contribution is -2.29. The van der Waals surface area contributed by atoms with Crippen molar-refractivity contribution in [2.24, 2.45) is 5.92 Å². The molecule has 0 fully saturated rings. The van der Waals surface area contributed by atoms with Gasteiger partial charge in [-0.25, -0.2) is 0 Å². The van der Waals surface area contributed by atoms with E-state index in [0.29, 0.717) is 0 Å². The van der Waals surface area contributed by atoms with E-state index in [1.807, 2.05) is 0 Å². The van der Waals surface area contributed by atoms with Crippen LogP contribution in [0.15, 0.2) is 0 Å². The second-order valence-electron chi connectivity index (χ2n) is 3.16. The van der Waals surface area contributed by atoms with Gasteiger partial charge in [-0.2, -0.15) is 0 Å². The van der Waals surface area contributed by atoms with Crippen molar-refractivity contribution in [3.8, 4) is 0 Å². The Hall–Kier alpha value is -1.14. The van der Waals surface area contributed by atoms with Gasteiger partial charge in [0, 0.05) is 7.11 Å². The highest BCUT2D eigenvalue weighted by molar-refractivity contribution is 5.94. The molecule has 0 N–H and O–H groups in total. The second-order valence-corrected chi connectivity index (χ2v) is 3.16. The average molecular weight is 248 g/mol. The summed E-state index contributed by atoms with van der Waals surface area (Å²) in [7, 11) is 1.49. The molecule has 0 aromatic carbocycles. The third-order valence-electron chi connectivity index (χ3n) is 1.89. The van der Waals surface area contributed by atoms with Crippen LogP contribution < -0.4 is 0 Å². The molecule has 0 saturated heterocycles. The van der Waals surface area contributed by atoms with Crippen LogP contribution in [0.25, 0.3) is 0 Å². The van der Waals surface area contributed by atoms with Crippen LogP contribution in [0.4, 0.5) is 0 Å². The predicted octanol–water partition coefficient (Wildman–Crippen LogP) is 0.739. The fourth-order valence-electron chi connectivity index (χ4n) is 1.16. The number of methoxy groups -OCH3 is 1. The summed E-state index contributed by atoms with van der Waals surface area (Å²) in [6, 6.07) is 0. The number of hydrogen-bond donors (Lipinski definition) is 0. The Morgan fingerprint density at radius 1 is 1.06 bits per heavy atom. The van der Waals surface area contributed by atoms with Crippen molar-refractivity contribution in [3.05, 3.63) is 0 Å². The minimum Gasteiger partial charge on any atom is -0.465 e. The number of esters is 2. The van der Waals surface area contributed by atoms with Crippen molar-refractivity contribution in [2.75, 3.05) is 33.7 Å². The van der Waals surface area contributed by atoms with Crippen LogP contribution in [0.2, 0.25) is 0 Å². The Kier molecular flexibility index (Phi) is 9.37. The molecule has 0 aliphatic carbocycles. The first kappa shape index (κ1) is 15.9. The molecule has 6 heteroatoms. The van der Waals surface area contributed by atoms with Crippen molar-refractivity contribution in [1.29, 1.82) is 0 Å². The maximum atomic E-state index is 11.5. The molecule has 0 saturated carbocycles. The molecular formula is C11H20O6. The summed E-state index contributed by atoms with van der Waals surface area (Å²) in [6.45, 7) is 4.18. The van der Waals surface area contributed by atoms with E-state index in [9.17, 15) is 9.59 Å². The zero-order valence-electron chi connectivity index (χ0n) is 10.6. The summed E-state index contributed by atoms with van der Waals surface area (Å²) in [4.78, 5) is 23.0. The van der Waals surface area contributed by atoms with E-state index in [0.717, 1.165) is 0 Å². The molecule has 0 aromatic heterocycles. The number of ether oxygens (including phenoxy) is 4. The quantitative estimate of drug-likeness (QED) is 0.259. The molecule has 17 heavy (non-hydrogen) atoms. The van der Waals surface area contributed by atoms with E-state index in [-0.39, 0.29) is 33.0 Å². The molecule has 0 aromatic rings. The Morgan fingerprint density at radius 3 is 2.00 bits per heavy atom. The van der Waals surface area contributed by atoms with Crippen molar-refractivity contribution in [1.82, 2.24) is 0 Å². The van der Waals surface area contributed by atoms with Crippen molar-refractivity contribution >= 4 is 11.9 Å². The first-order valence-corrected chi connectivity index (χ1v) is 5.57. The molecule has 0 aliphatic heterocycles. The number of carbonyl (C=O) groups excluding carboxylic acids is 2. The highest BCUT2D eigenvalue weighted by Gasteiger charge is 2.29. The summed E-state index contributed by atoms with van der Waals surface area (Å²) >= 11 is 0. The monoisotopic (exact) mass is 248 g/mol. The van der Waals surface area contributed by atoms with Gasteiger partial charge in [-0.1, -0.05) is 0 Å². The molecule has 0 aliphatic rings. The van der Waals surface area contributed by atoms with Crippen LogP contribution in [0.5, 0.6) is 0 Å². The number of rotatable bonds is 9. The van der Waals surface area contributed by atoms with Gasteiger partial charge in [0.05, 0.1) is 19.8 Å². The molecule has 0 unspecified atom stereocenters. The molecular weight excluding hydrogens is 228 g/mol. The first-order valence-electron chi connectivity index (χ1n) is 5.57. The lowest BCUT2D eigenvalue weighted by atomic mass is 10.1. The lowest BCUT2D eigenvalue weighted by Gasteiger charge is -2.14. The van der Waals surface area contributed by atoms with Crippen molar-refractivity contribution < 1.29 is 28.5 Å². The maximum absolute atomic E-state index is 11.5. The highest BCUT2D eigenvalue weighted by Crippen LogP contribution is 2.09. The van der Waals surface area contributed by atoms with E-state index < -0.39 is 17.9 Å². The van der Waals surface area contributed by atoms with E-state index in [1.165, 1.54) is 7.11 Å². The summed E-state index contributed by atoms with van der Waals surface area (Å²) in [5, 5.41) is 0. The molecule has 0 atom stereocenters. The zero-order valence-corrected chi connectivity index (χ0v) is 10.6. The van der Waals surface area contributed by atoms with E-state index in [4.69, 9.17) is 14.2 Å². The van der Waals surface area contributed by atoms with Gasteiger partial charge in [0.2, 0.25) is 0 Å². The number of carbonyl (C=O) groups is 2. The third kappa shape index (κ3) is 6.91. The van der Waals surface area contributed by atoms with Gasteiger partial charge in [-0.15, -0.1) is 0 Å². The van der Waals surface area contributed by atoms with Crippen LogP contribution in [-0.4, -0.2) is 45.7 Å². The Labute approximate surface area is 101 Å². The maximum Gasteiger partial charge on any atom is 0.320 e. The highest BCUT2D eigenvalue weighted by atomic mass is 16.7.